The minimum atomic E-state index is -1.04. The number of methoxy groups -OCH3 is 1. The number of likely N-dealkylation sites (tertiary alicyclic amines) is 1. The number of hydrogen-bond donors (Lipinski definition) is 0. The van der Waals surface area contributed by atoms with E-state index in [1.807, 2.05) is 26.0 Å². The highest BCUT2D eigenvalue weighted by Crippen LogP contribution is 2.41. The van der Waals surface area contributed by atoms with Gasteiger partial charge in [0.25, 0.3) is 0 Å². The Balaban J connectivity index is 1.24. The normalized spacial score (nSPS) is 19.9. The average molecular weight is 793 g/mol. The third-order valence-electron chi connectivity index (χ3n) is 10.1. The number of fused-ring (bicyclic) bond motifs is 4. The van der Waals surface area contributed by atoms with Crippen molar-refractivity contribution >= 4 is 35.7 Å². The van der Waals surface area contributed by atoms with Crippen LogP contribution in [0.3, 0.4) is 0 Å². The predicted molar refractivity (Wildman–Crippen MR) is 208 cm³/mol. The van der Waals surface area contributed by atoms with Gasteiger partial charge in [-0.25, -0.2) is 19.2 Å². The topological polar surface area (TPSA) is 164 Å². The van der Waals surface area contributed by atoms with Gasteiger partial charge in [0.2, 0.25) is 5.78 Å². The summed E-state index contributed by atoms with van der Waals surface area (Å²) in [4.78, 5) is 82.1. The molecule has 2 heterocycles. The molecule has 1 unspecified atom stereocenters. The van der Waals surface area contributed by atoms with Crippen LogP contribution in [-0.4, -0.2) is 108 Å². The van der Waals surface area contributed by atoms with Gasteiger partial charge >= 0.3 is 24.1 Å². The fraction of sp³-hybridized carbons (Fsp3) is 0.581. The summed E-state index contributed by atoms with van der Waals surface area (Å²) in [5.41, 5.74) is 2.33. The van der Waals surface area contributed by atoms with Crippen molar-refractivity contribution in [3.05, 3.63) is 52.6 Å². The molecule has 14 nitrogen and oxygen atoms in total. The number of esters is 2. The van der Waals surface area contributed by atoms with Crippen LogP contribution in [0.5, 0.6) is 5.75 Å². The first-order valence-electron chi connectivity index (χ1n) is 19.5. The first kappa shape index (κ1) is 43.1. The molecule has 1 saturated heterocycles. The molecule has 2 aliphatic heterocycles. The fourth-order valence-electron chi connectivity index (χ4n) is 7.30. The molecule has 0 bridgehead atoms. The summed E-state index contributed by atoms with van der Waals surface area (Å²) in [5.74, 6) is -1.76. The molecule has 1 fully saturated rings. The SMILES string of the molecule is COC[C@@H](C)CN(C(=O)OC(C)(C)C)[C@@H](C)C(=O)OC1CCc2cc3c(cc2C1=O)OCc1cc(C(=O)COC(=O)[C@@H]2CC[C@H](C)N2C(=O)OC(C)(C)C)ccc1-3. The molecule has 14 heteroatoms. The van der Waals surface area contributed by atoms with Crippen molar-refractivity contribution < 1.29 is 57.2 Å². The van der Waals surface area contributed by atoms with Crippen LogP contribution in [0.1, 0.15) is 113 Å². The molecule has 310 valence electrons. The van der Waals surface area contributed by atoms with Crippen molar-refractivity contribution in [1.82, 2.24) is 9.80 Å². The van der Waals surface area contributed by atoms with Crippen LogP contribution >= 0.6 is 0 Å². The van der Waals surface area contributed by atoms with Crippen molar-refractivity contribution in [2.45, 2.75) is 130 Å². The molecule has 2 aromatic carbocycles. The van der Waals surface area contributed by atoms with Crippen molar-refractivity contribution in [3.8, 4) is 16.9 Å². The van der Waals surface area contributed by atoms with Gasteiger partial charge in [-0.15, -0.1) is 0 Å². The molecule has 2 amide bonds. The summed E-state index contributed by atoms with van der Waals surface area (Å²) >= 11 is 0. The van der Waals surface area contributed by atoms with Gasteiger partial charge in [-0.2, -0.15) is 0 Å². The highest BCUT2D eigenvalue weighted by molar-refractivity contribution is 6.04. The van der Waals surface area contributed by atoms with Gasteiger partial charge in [0.1, 0.15) is 35.6 Å². The van der Waals surface area contributed by atoms with Gasteiger partial charge < -0.3 is 28.4 Å². The molecular formula is C43H56N2O12. The van der Waals surface area contributed by atoms with Crippen molar-refractivity contribution in [1.29, 1.82) is 0 Å². The number of ether oxygens (including phenoxy) is 6. The lowest BCUT2D eigenvalue weighted by Gasteiger charge is -2.33. The van der Waals surface area contributed by atoms with Crippen LogP contribution in [0.2, 0.25) is 0 Å². The minimum absolute atomic E-state index is 0.0974. The van der Waals surface area contributed by atoms with Crippen molar-refractivity contribution in [2.24, 2.45) is 5.92 Å². The third kappa shape index (κ3) is 10.3. The maximum absolute atomic E-state index is 13.7. The number of rotatable bonds is 11. The minimum Gasteiger partial charge on any atom is -0.488 e. The standard InChI is InChI=1S/C43H56N2O12/c1-24(21-52-10)20-44(40(50)56-42(4,5)6)26(3)38(48)55-35-16-13-27-18-32-30-14-12-28(17-29(30)22-53-36(32)19-31(27)37(35)47)34(46)23-54-39(49)33-15-11-25(2)45(33)41(51)57-43(7,8)9/h12,14,17-19,24-26,33,35H,11,13,15-16,20-23H2,1-10H3/t24-,25-,26-,33-,35?/m0/s1. The van der Waals surface area contributed by atoms with E-state index >= 15 is 0 Å². The van der Waals surface area contributed by atoms with E-state index in [0.717, 1.165) is 22.3 Å². The van der Waals surface area contributed by atoms with Crippen LogP contribution in [0, 0.1) is 5.92 Å². The van der Waals surface area contributed by atoms with E-state index in [1.54, 1.807) is 73.8 Å². The van der Waals surface area contributed by atoms with E-state index in [0.29, 0.717) is 42.7 Å². The second kappa shape index (κ2) is 17.3. The molecule has 1 aliphatic carbocycles. The number of benzene rings is 2. The number of carbonyl (C=O) groups excluding carboxylic acids is 6. The zero-order chi connectivity index (χ0) is 42.0. The molecule has 3 aliphatic rings. The van der Waals surface area contributed by atoms with E-state index in [4.69, 9.17) is 28.4 Å². The lowest BCUT2D eigenvalue weighted by atomic mass is 9.84. The van der Waals surface area contributed by atoms with E-state index in [-0.39, 0.29) is 37.3 Å². The number of amides is 2. The van der Waals surface area contributed by atoms with E-state index in [1.165, 1.54) is 9.80 Å². The Bertz CT molecular complexity index is 1890. The maximum Gasteiger partial charge on any atom is 0.411 e. The van der Waals surface area contributed by atoms with Crippen LogP contribution in [0.25, 0.3) is 11.1 Å². The first-order valence-corrected chi connectivity index (χ1v) is 19.5. The molecule has 0 saturated carbocycles. The summed E-state index contributed by atoms with van der Waals surface area (Å²) in [6.45, 7) is 16.0. The van der Waals surface area contributed by atoms with Crippen LogP contribution in [0.4, 0.5) is 9.59 Å². The Morgan fingerprint density at radius 2 is 1.60 bits per heavy atom. The molecule has 5 rings (SSSR count). The van der Waals surface area contributed by atoms with E-state index < -0.39 is 65.9 Å². The second-order valence-corrected chi connectivity index (χ2v) is 17.2. The molecule has 2 aromatic rings. The number of ketones is 2. The highest BCUT2D eigenvalue weighted by atomic mass is 16.6. The quantitative estimate of drug-likeness (QED) is 0.134. The summed E-state index contributed by atoms with van der Waals surface area (Å²) in [7, 11) is 1.56. The second-order valence-electron chi connectivity index (χ2n) is 17.2. The van der Waals surface area contributed by atoms with Gasteiger partial charge in [-0.05, 0) is 122 Å². The molecular weight excluding hydrogens is 736 g/mol. The van der Waals surface area contributed by atoms with Gasteiger partial charge in [0.05, 0.1) is 6.61 Å². The molecule has 57 heavy (non-hydrogen) atoms. The summed E-state index contributed by atoms with van der Waals surface area (Å²) in [5, 5.41) is 0. The highest BCUT2D eigenvalue weighted by Gasteiger charge is 2.42. The largest absolute Gasteiger partial charge is 0.488 e. The Labute approximate surface area is 334 Å². The Hall–Kier alpha value is -4.98. The smallest absolute Gasteiger partial charge is 0.411 e. The summed E-state index contributed by atoms with van der Waals surface area (Å²) in [6, 6.07) is 6.66. The number of Topliss-reactive ketones (excluding diaryl/α,β-unsaturated/α-hetero) is 2. The summed E-state index contributed by atoms with van der Waals surface area (Å²) < 4.78 is 33.6. The Morgan fingerprint density at radius 3 is 2.26 bits per heavy atom. The van der Waals surface area contributed by atoms with E-state index in [2.05, 4.69) is 0 Å². The lowest BCUT2D eigenvalue weighted by molar-refractivity contribution is -0.153. The predicted octanol–water partition coefficient (Wildman–Crippen LogP) is 6.71. The molecule has 0 radical (unpaired) electrons. The first-order chi connectivity index (χ1) is 26.7. The monoisotopic (exact) mass is 792 g/mol. The average Bonchev–Trinajstić information content (AvgIpc) is 3.52. The number of carbonyl (C=O) groups is 6. The van der Waals surface area contributed by atoms with E-state index in [9.17, 15) is 28.8 Å². The molecule has 0 spiro atoms. The van der Waals surface area contributed by atoms with Crippen LogP contribution in [-0.2, 0) is 46.3 Å². The maximum atomic E-state index is 13.7. The molecule has 0 N–H and O–H groups in total. The third-order valence-corrected chi connectivity index (χ3v) is 10.1. The Morgan fingerprint density at radius 1 is 0.895 bits per heavy atom. The van der Waals surface area contributed by atoms with Gasteiger partial charge in [0.15, 0.2) is 18.5 Å². The number of aryl methyl sites for hydroxylation is 1. The van der Waals surface area contributed by atoms with Crippen molar-refractivity contribution in [3.63, 3.8) is 0 Å². The van der Waals surface area contributed by atoms with Crippen molar-refractivity contribution in [2.75, 3.05) is 26.9 Å². The zero-order valence-corrected chi connectivity index (χ0v) is 34.7. The van der Waals surface area contributed by atoms with Crippen LogP contribution in [0.15, 0.2) is 30.3 Å². The van der Waals surface area contributed by atoms with Crippen LogP contribution < -0.4 is 4.74 Å². The fourth-order valence-corrected chi connectivity index (χ4v) is 7.30. The summed E-state index contributed by atoms with van der Waals surface area (Å²) in [6.07, 6.45) is -0.584. The number of nitrogens with zero attached hydrogens (tertiary/aromatic N) is 2. The lowest BCUT2D eigenvalue weighted by Crippen LogP contribution is -2.49. The number of hydrogen-bond acceptors (Lipinski definition) is 12. The zero-order valence-electron chi connectivity index (χ0n) is 34.7. The molecule has 0 aromatic heterocycles. The van der Waals surface area contributed by atoms with Gasteiger partial charge in [-0.1, -0.05) is 19.1 Å². The Kier molecular flexibility index (Phi) is 13.1. The van der Waals surface area contributed by atoms with Gasteiger partial charge in [0, 0.05) is 36.4 Å². The van der Waals surface area contributed by atoms with Gasteiger partial charge in [-0.3, -0.25) is 19.4 Å². The molecule has 5 atom stereocenters.